The number of methoxy groups -OCH3 is 2. The quantitative estimate of drug-likeness (QED) is 0.638. The number of amides is 1. The second-order valence-corrected chi connectivity index (χ2v) is 7.98. The van der Waals surface area contributed by atoms with Crippen molar-refractivity contribution in [2.45, 2.75) is 19.1 Å². The Kier molecular flexibility index (Phi) is 5.61. The summed E-state index contributed by atoms with van der Waals surface area (Å²) in [6, 6.07) is 13.2. The van der Waals surface area contributed by atoms with Gasteiger partial charge in [0.2, 0.25) is 0 Å². The highest BCUT2D eigenvalue weighted by molar-refractivity contribution is 7.21. The first-order valence-corrected chi connectivity index (χ1v) is 10.2. The molecule has 7 nitrogen and oxygen atoms in total. The largest absolute Gasteiger partial charge is 0.487 e. The summed E-state index contributed by atoms with van der Waals surface area (Å²) in [7, 11) is 2.63. The lowest BCUT2D eigenvalue weighted by Crippen LogP contribution is -2.42. The van der Waals surface area contributed by atoms with Crippen molar-refractivity contribution in [1.29, 1.82) is 0 Å². The number of anilines is 1. The van der Waals surface area contributed by atoms with Crippen molar-refractivity contribution in [2.75, 3.05) is 25.7 Å². The van der Waals surface area contributed by atoms with E-state index in [0.29, 0.717) is 29.3 Å². The number of nitrogens with zero attached hydrogens (tertiary/aromatic N) is 1. The maximum atomic E-state index is 12.3. The maximum absolute atomic E-state index is 12.3. The lowest BCUT2D eigenvalue weighted by molar-refractivity contribution is 0.0606. The van der Waals surface area contributed by atoms with Crippen LogP contribution in [0.5, 0.6) is 5.75 Å². The van der Waals surface area contributed by atoms with Crippen molar-refractivity contribution in [2.24, 2.45) is 0 Å². The van der Waals surface area contributed by atoms with Crippen LogP contribution in [0.1, 0.15) is 20.8 Å². The number of hydrogen-bond acceptors (Lipinski definition) is 7. The number of fused-ring (bicyclic) bond motifs is 3. The van der Waals surface area contributed by atoms with Gasteiger partial charge in [-0.3, -0.25) is 4.90 Å². The number of thiophene rings is 1. The van der Waals surface area contributed by atoms with E-state index in [1.165, 1.54) is 30.5 Å². The summed E-state index contributed by atoms with van der Waals surface area (Å²) >= 11 is 1.27. The fourth-order valence-corrected chi connectivity index (χ4v) is 4.68. The van der Waals surface area contributed by atoms with E-state index in [0.717, 1.165) is 21.2 Å². The van der Waals surface area contributed by atoms with Crippen LogP contribution in [0.15, 0.2) is 42.5 Å². The minimum atomic E-state index is -0.739. The third-order valence-electron chi connectivity index (χ3n) is 5.00. The van der Waals surface area contributed by atoms with Crippen molar-refractivity contribution in [3.05, 3.63) is 58.5 Å². The summed E-state index contributed by atoms with van der Waals surface area (Å²) in [5.74, 6) is 0.109. The molecule has 1 aliphatic rings. The molecule has 0 aliphatic carbocycles. The molecule has 30 heavy (non-hydrogen) atoms. The van der Waals surface area contributed by atoms with Crippen molar-refractivity contribution < 1.29 is 28.9 Å². The van der Waals surface area contributed by atoms with Crippen LogP contribution in [-0.2, 0) is 22.5 Å². The van der Waals surface area contributed by atoms with E-state index in [1.54, 1.807) is 12.1 Å². The number of aliphatic hydroxyl groups is 1. The van der Waals surface area contributed by atoms with Crippen molar-refractivity contribution in [3.63, 3.8) is 0 Å². The Hall–Kier alpha value is -3.10. The van der Waals surface area contributed by atoms with Gasteiger partial charge in [0.1, 0.15) is 17.2 Å². The highest BCUT2D eigenvalue weighted by Crippen LogP contribution is 2.44. The molecule has 2 aromatic carbocycles. The summed E-state index contributed by atoms with van der Waals surface area (Å²) in [5, 5.41) is 11.1. The van der Waals surface area contributed by atoms with Crippen molar-refractivity contribution in [1.82, 2.24) is 0 Å². The van der Waals surface area contributed by atoms with Gasteiger partial charge in [-0.2, -0.15) is 0 Å². The lowest BCUT2D eigenvalue weighted by Gasteiger charge is -2.32. The van der Waals surface area contributed by atoms with Gasteiger partial charge < -0.3 is 19.3 Å². The standard InChI is InChI=1S/C22H21NO6S/c1-27-21(25)19-9-16-15-8-14(24)11-23(22(26)28-2)17(15)10-18(20(16)30-19)29-12-13-6-4-3-5-7-13/h3-7,9-10,14,24H,8,11-12H2,1-2H3. The molecule has 1 unspecified atom stereocenters. The van der Waals surface area contributed by atoms with Crippen LogP contribution < -0.4 is 9.64 Å². The average Bonchev–Trinajstić information content (AvgIpc) is 3.23. The zero-order valence-electron chi connectivity index (χ0n) is 16.6. The number of rotatable bonds is 4. The number of benzene rings is 2. The van der Waals surface area contributed by atoms with Gasteiger partial charge in [0.05, 0.1) is 37.3 Å². The summed E-state index contributed by atoms with van der Waals surface area (Å²) in [6.45, 7) is 0.457. The van der Waals surface area contributed by atoms with Gasteiger partial charge in [-0.05, 0) is 17.2 Å². The van der Waals surface area contributed by atoms with Crippen LogP contribution in [0.2, 0.25) is 0 Å². The monoisotopic (exact) mass is 427 g/mol. The third kappa shape index (κ3) is 3.71. The molecular weight excluding hydrogens is 406 g/mol. The van der Waals surface area contributed by atoms with E-state index in [9.17, 15) is 14.7 Å². The van der Waals surface area contributed by atoms with Crippen LogP contribution in [0, 0.1) is 0 Å². The predicted octanol–water partition coefficient (Wildman–Crippen LogP) is 3.76. The van der Waals surface area contributed by atoms with E-state index in [-0.39, 0.29) is 6.54 Å². The number of hydrogen-bond donors (Lipinski definition) is 1. The van der Waals surface area contributed by atoms with Crippen LogP contribution in [0.25, 0.3) is 10.1 Å². The van der Waals surface area contributed by atoms with Gasteiger partial charge >= 0.3 is 12.1 Å². The molecule has 0 saturated carbocycles. The first kappa shape index (κ1) is 20.2. The molecular formula is C22H21NO6S. The van der Waals surface area contributed by atoms with Crippen LogP contribution in [0.3, 0.4) is 0 Å². The Balaban J connectivity index is 1.85. The van der Waals surface area contributed by atoms with E-state index in [2.05, 4.69) is 0 Å². The number of aliphatic hydroxyl groups excluding tert-OH is 1. The molecule has 0 radical (unpaired) electrons. The second kappa shape index (κ2) is 8.33. The number of β-amino-alcohol motifs (C(OH)–C–C–N with tert-alkyl or cyclic N) is 1. The zero-order chi connectivity index (χ0) is 21.3. The highest BCUT2D eigenvalue weighted by Gasteiger charge is 2.32. The number of ether oxygens (including phenoxy) is 3. The minimum absolute atomic E-state index is 0.122. The molecule has 1 aromatic heterocycles. The van der Waals surface area contributed by atoms with Crippen LogP contribution in [0.4, 0.5) is 10.5 Å². The first-order valence-electron chi connectivity index (χ1n) is 9.39. The van der Waals surface area contributed by atoms with Crippen LogP contribution in [-0.4, -0.2) is 44.0 Å². The Morgan fingerprint density at radius 3 is 2.63 bits per heavy atom. The second-order valence-electron chi connectivity index (χ2n) is 6.93. The number of carbonyl (C=O) groups is 2. The molecule has 3 aromatic rings. The normalized spacial score (nSPS) is 15.6. The molecule has 1 amide bonds. The lowest BCUT2D eigenvalue weighted by atomic mass is 9.96. The summed E-state index contributed by atoms with van der Waals surface area (Å²) in [4.78, 5) is 26.3. The summed E-state index contributed by atoms with van der Waals surface area (Å²) < 4.78 is 16.6. The number of carbonyl (C=O) groups excluding carboxylic acids is 2. The van der Waals surface area contributed by atoms with Gasteiger partial charge in [0.15, 0.2) is 0 Å². The van der Waals surface area contributed by atoms with Gasteiger partial charge in [0, 0.05) is 17.9 Å². The highest BCUT2D eigenvalue weighted by atomic mass is 32.1. The fraction of sp³-hybridized carbons (Fsp3) is 0.273. The molecule has 1 aliphatic heterocycles. The van der Waals surface area contributed by atoms with Gasteiger partial charge in [-0.25, -0.2) is 9.59 Å². The van der Waals surface area contributed by atoms with E-state index in [1.807, 2.05) is 30.3 Å². The smallest absolute Gasteiger partial charge is 0.414 e. The van der Waals surface area contributed by atoms with Crippen molar-refractivity contribution in [3.8, 4) is 5.75 Å². The predicted molar refractivity (Wildman–Crippen MR) is 113 cm³/mol. The van der Waals surface area contributed by atoms with Gasteiger partial charge in [-0.1, -0.05) is 30.3 Å². The Labute approximate surface area is 177 Å². The third-order valence-corrected chi connectivity index (χ3v) is 6.13. The molecule has 8 heteroatoms. The molecule has 156 valence electrons. The minimum Gasteiger partial charge on any atom is -0.487 e. The number of esters is 1. The summed E-state index contributed by atoms with van der Waals surface area (Å²) in [6.07, 6.45) is -0.945. The maximum Gasteiger partial charge on any atom is 0.414 e. The SMILES string of the molecule is COC(=O)c1cc2c3c(cc(OCc4ccccc4)c2s1)N(C(=O)OC)CC(O)C3. The van der Waals surface area contributed by atoms with E-state index >= 15 is 0 Å². The summed E-state index contributed by atoms with van der Waals surface area (Å²) in [5.41, 5.74) is 2.37. The Bertz CT molecular complexity index is 1090. The Morgan fingerprint density at radius 1 is 1.17 bits per heavy atom. The van der Waals surface area contributed by atoms with E-state index in [4.69, 9.17) is 14.2 Å². The molecule has 0 fully saturated rings. The fourth-order valence-electron chi connectivity index (χ4n) is 3.60. The molecule has 1 N–H and O–H groups in total. The van der Waals surface area contributed by atoms with Gasteiger partial charge in [0.25, 0.3) is 0 Å². The first-order chi connectivity index (χ1) is 14.5. The molecule has 4 rings (SSSR count). The molecule has 2 heterocycles. The molecule has 1 atom stereocenters. The average molecular weight is 427 g/mol. The van der Waals surface area contributed by atoms with Gasteiger partial charge in [-0.15, -0.1) is 11.3 Å². The van der Waals surface area contributed by atoms with Crippen molar-refractivity contribution >= 4 is 39.2 Å². The Morgan fingerprint density at radius 2 is 1.93 bits per heavy atom. The topological polar surface area (TPSA) is 85.3 Å². The molecule has 0 saturated heterocycles. The zero-order valence-corrected chi connectivity index (χ0v) is 17.4. The molecule has 0 bridgehead atoms. The van der Waals surface area contributed by atoms with E-state index < -0.39 is 18.2 Å². The molecule has 0 spiro atoms. The van der Waals surface area contributed by atoms with Crippen LogP contribution >= 0.6 is 11.3 Å².